The van der Waals surface area contributed by atoms with Crippen molar-refractivity contribution in [1.29, 1.82) is 0 Å². The Morgan fingerprint density at radius 1 is 1.33 bits per heavy atom. The fourth-order valence-corrected chi connectivity index (χ4v) is 3.43. The summed E-state index contributed by atoms with van der Waals surface area (Å²) in [6.45, 7) is 9.75. The van der Waals surface area contributed by atoms with Crippen molar-refractivity contribution < 1.29 is 13.2 Å². The third-order valence-electron chi connectivity index (χ3n) is 5.10. The highest BCUT2D eigenvalue weighted by molar-refractivity contribution is 5.82. The summed E-state index contributed by atoms with van der Waals surface area (Å²) < 4.78 is 38.3. The van der Waals surface area contributed by atoms with Gasteiger partial charge in [0.05, 0.1) is 5.69 Å². The summed E-state index contributed by atoms with van der Waals surface area (Å²) in [7, 11) is 0. The molecular formula is C23H29F3N4. The molecular weight excluding hydrogens is 389 g/mol. The highest BCUT2D eigenvalue weighted by Gasteiger charge is 2.36. The molecule has 2 heterocycles. The molecule has 30 heavy (non-hydrogen) atoms. The van der Waals surface area contributed by atoms with Crippen LogP contribution < -0.4 is 10.6 Å². The average molecular weight is 419 g/mol. The van der Waals surface area contributed by atoms with Gasteiger partial charge in [-0.25, -0.2) is 9.97 Å². The summed E-state index contributed by atoms with van der Waals surface area (Å²) in [5.74, 6) is -0.0316. The van der Waals surface area contributed by atoms with Gasteiger partial charge in [-0.2, -0.15) is 13.2 Å². The summed E-state index contributed by atoms with van der Waals surface area (Å²) in [5, 5.41) is 5.64. The first kappa shape index (κ1) is 23.4. The van der Waals surface area contributed by atoms with E-state index in [1.54, 1.807) is 13.1 Å². The summed E-state index contributed by atoms with van der Waals surface area (Å²) in [6.07, 6.45) is 1.18. The first-order chi connectivity index (χ1) is 13.7. The number of aryl methyl sites for hydroxylation is 2. The van der Waals surface area contributed by atoms with Crippen molar-refractivity contribution in [2.75, 3.05) is 11.9 Å². The standard InChI is InChI=1S/C22H25F3N4.CH4/c1-5-18(17-8-9-19-13(2)26-10-6-7-16(19)11-17)20-12-27-21(28-14(20)3)29-15(4)22(23,24)25;/h5,8-9,11-12,15,26H,2,6-7,10H2,1,3-4H3,(H,27,28,29);1H4/b18-5-;. The van der Waals surface area contributed by atoms with E-state index in [4.69, 9.17) is 0 Å². The number of benzene rings is 1. The molecule has 0 saturated heterocycles. The monoisotopic (exact) mass is 418 g/mol. The minimum absolute atomic E-state index is 0. The molecule has 4 nitrogen and oxygen atoms in total. The van der Waals surface area contributed by atoms with Crippen LogP contribution >= 0.6 is 0 Å². The lowest BCUT2D eigenvalue weighted by molar-refractivity contribution is -0.138. The number of alkyl halides is 3. The van der Waals surface area contributed by atoms with E-state index in [9.17, 15) is 13.2 Å². The molecule has 0 spiro atoms. The van der Waals surface area contributed by atoms with E-state index in [-0.39, 0.29) is 13.4 Å². The molecule has 0 aliphatic carbocycles. The van der Waals surface area contributed by atoms with Gasteiger partial charge in [-0.15, -0.1) is 0 Å². The largest absolute Gasteiger partial charge is 0.408 e. The first-order valence-corrected chi connectivity index (χ1v) is 9.60. The molecule has 0 radical (unpaired) electrons. The van der Waals surface area contributed by atoms with Crippen molar-refractivity contribution in [1.82, 2.24) is 15.3 Å². The number of hydrogen-bond donors (Lipinski definition) is 2. The van der Waals surface area contributed by atoms with Crippen LogP contribution in [0.15, 0.2) is 37.1 Å². The Bertz CT molecular complexity index is 948. The molecule has 2 N–H and O–H groups in total. The maximum absolute atomic E-state index is 12.8. The molecule has 1 aromatic carbocycles. The SMILES string of the molecule is C.C=C1NCCCc2cc(/C(=C/C)c3cnc(NC(C)C(F)(F)F)nc3C)ccc21. The molecule has 1 aromatic heterocycles. The quantitative estimate of drug-likeness (QED) is 0.665. The molecule has 0 saturated carbocycles. The number of nitrogens with zero attached hydrogens (tertiary/aromatic N) is 2. The maximum Gasteiger partial charge on any atom is 0.408 e. The minimum Gasteiger partial charge on any atom is -0.385 e. The Labute approximate surface area is 176 Å². The number of allylic oxidation sites excluding steroid dienone is 1. The normalized spacial score (nSPS) is 15.4. The summed E-state index contributed by atoms with van der Waals surface area (Å²) >= 11 is 0. The number of hydrogen-bond acceptors (Lipinski definition) is 4. The predicted molar refractivity (Wildman–Crippen MR) is 117 cm³/mol. The van der Waals surface area contributed by atoms with Crippen LogP contribution in [-0.2, 0) is 6.42 Å². The van der Waals surface area contributed by atoms with Crippen molar-refractivity contribution in [3.05, 3.63) is 65.0 Å². The van der Waals surface area contributed by atoms with Crippen molar-refractivity contribution in [3.8, 4) is 0 Å². The molecule has 2 aromatic rings. The topological polar surface area (TPSA) is 49.8 Å². The van der Waals surface area contributed by atoms with Crippen LogP contribution in [0, 0.1) is 6.92 Å². The smallest absolute Gasteiger partial charge is 0.385 e. The van der Waals surface area contributed by atoms with Gasteiger partial charge in [0.1, 0.15) is 6.04 Å². The van der Waals surface area contributed by atoms with Gasteiger partial charge in [0.2, 0.25) is 5.95 Å². The second-order valence-electron chi connectivity index (χ2n) is 7.18. The number of halogens is 3. The first-order valence-electron chi connectivity index (χ1n) is 9.60. The van der Waals surface area contributed by atoms with Crippen molar-refractivity contribution >= 4 is 17.2 Å². The van der Waals surface area contributed by atoms with Gasteiger partial charge in [-0.1, -0.05) is 38.3 Å². The lowest BCUT2D eigenvalue weighted by Gasteiger charge is -2.18. The van der Waals surface area contributed by atoms with Gasteiger partial charge >= 0.3 is 6.18 Å². The van der Waals surface area contributed by atoms with Crippen LogP contribution in [0.3, 0.4) is 0 Å². The van der Waals surface area contributed by atoms with Crippen LogP contribution in [0.1, 0.15) is 55.6 Å². The second-order valence-corrected chi connectivity index (χ2v) is 7.18. The average Bonchev–Trinajstić information content (AvgIpc) is 2.84. The van der Waals surface area contributed by atoms with Gasteiger partial charge in [-0.05, 0) is 50.3 Å². The van der Waals surface area contributed by atoms with Gasteiger partial charge in [-0.3, -0.25) is 0 Å². The fourth-order valence-electron chi connectivity index (χ4n) is 3.43. The molecule has 0 amide bonds. The van der Waals surface area contributed by atoms with Crippen LogP contribution in [0.25, 0.3) is 11.3 Å². The van der Waals surface area contributed by atoms with Crippen molar-refractivity contribution in [2.45, 2.75) is 53.3 Å². The van der Waals surface area contributed by atoms with Gasteiger partial charge < -0.3 is 10.6 Å². The summed E-state index contributed by atoms with van der Waals surface area (Å²) in [4.78, 5) is 8.36. The van der Waals surface area contributed by atoms with Crippen LogP contribution in [-0.4, -0.2) is 28.7 Å². The van der Waals surface area contributed by atoms with E-state index in [0.717, 1.165) is 54.3 Å². The molecule has 1 atom stereocenters. The Morgan fingerprint density at radius 3 is 2.70 bits per heavy atom. The predicted octanol–water partition coefficient (Wildman–Crippen LogP) is 5.74. The zero-order valence-corrected chi connectivity index (χ0v) is 16.8. The van der Waals surface area contributed by atoms with E-state index in [1.165, 1.54) is 5.56 Å². The Morgan fingerprint density at radius 2 is 2.07 bits per heavy atom. The lowest BCUT2D eigenvalue weighted by atomic mass is 9.92. The summed E-state index contributed by atoms with van der Waals surface area (Å²) in [6, 6.07) is 4.52. The van der Waals surface area contributed by atoms with Gasteiger partial charge in [0.25, 0.3) is 0 Å². The van der Waals surface area contributed by atoms with Crippen LogP contribution in [0.2, 0.25) is 0 Å². The minimum atomic E-state index is -4.36. The number of aromatic nitrogens is 2. The fraction of sp³-hybridized carbons (Fsp3) is 0.391. The number of fused-ring (bicyclic) bond motifs is 1. The Kier molecular flexibility index (Phi) is 7.29. The van der Waals surface area contributed by atoms with E-state index in [2.05, 4.69) is 39.3 Å². The van der Waals surface area contributed by atoms with Crippen LogP contribution in [0.4, 0.5) is 19.1 Å². The van der Waals surface area contributed by atoms with Crippen molar-refractivity contribution in [2.24, 2.45) is 0 Å². The number of nitrogens with one attached hydrogen (secondary N) is 2. The third kappa shape index (κ3) is 5.01. The van der Waals surface area contributed by atoms with Gasteiger partial charge in [0.15, 0.2) is 0 Å². The molecule has 3 rings (SSSR count). The van der Waals surface area contributed by atoms with Crippen molar-refractivity contribution in [3.63, 3.8) is 0 Å². The van der Waals surface area contributed by atoms with E-state index < -0.39 is 12.2 Å². The number of anilines is 1. The van der Waals surface area contributed by atoms with E-state index in [1.807, 2.05) is 19.1 Å². The van der Waals surface area contributed by atoms with E-state index >= 15 is 0 Å². The highest BCUT2D eigenvalue weighted by atomic mass is 19.4. The molecule has 1 aliphatic heterocycles. The Hall–Kier alpha value is -2.83. The zero-order valence-electron chi connectivity index (χ0n) is 16.8. The van der Waals surface area contributed by atoms with Crippen LogP contribution in [0.5, 0.6) is 0 Å². The molecule has 1 aliphatic rings. The molecule has 7 heteroatoms. The third-order valence-corrected chi connectivity index (χ3v) is 5.10. The Balaban J connectivity index is 0.00000320. The molecule has 162 valence electrons. The lowest BCUT2D eigenvalue weighted by Crippen LogP contribution is -2.33. The van der Waals surface area contributed by atoms with E-state index in [0.29, 0.717) is 5.69 Å². The molecule has 0 fully saturated rings. The number of rotatable bonds is 4. The second kappa shape index (κ2) is 9.32. The molecule has 0 bridgehead atoms. The summed E-state index contributed by atoms with van der Waals surface area (Å²) in [5.41, 5.74) is 6.66. The molecule has 1 unspecified atom stereocenters. The maximum atomic E-state index is 12.8. The zero-order chi connectivity index (χ0) is 21.2. The van der Waals surface area contributed by atoms with Gasteiger partial charge in [0, 0.05) is 29.6 Å². The highest BCUT2D eigenvalue weighted by Crippen LogP contribution is 2.30.